The quantitative estimate of drug-likeness (QED) is 0.247. The average Bonchev–Trinajstić information content (AvgIpc) is 1.80. The minimum atomic E-state index is 0. The zero-order valence-electron chi connectivity index (χ0n) is 5.68. The maximum atomic E-state index is 9.54. The van der Waals surface area contributed by atoms with Crippen molar-refractivity contribution >= 4 is 6.08 Å². The lowest BCUT2D eigenvalue weighted by Gasteiger charge is -1.91. The smallest absolute Gasteiger partial charge is 0.211 e. The van der Waals surface area contributed by atoms with E-state index in [1.807, 2.05) is 6.92 Å². The summed E-state index contributed by atoms with van der Waals surface area (Å²) in [6.45, 7) is 6.26. The van der Waals surface area contributed by atoms with Gasteiger partial charge in [0, 0.05) is 2.85 Å². The highest BCUT2D eigenvalue weighted by Crippen LogP contribution is 1.98. The van der Waals surface area contributed by atoms with Crippen LogP contribution in [0.3, 0.4) is 0 Å². The van der Waals surface area contributed by atoms with E-state index >= 15 is 0 Å². The van der Waals surface area contributed by atoms with Crippen molar-refractivity contribution in [3.63, 3.8) is 0 Å². The molecule has 0 saturated heterocycles. The Bertz CT molecular complexity index is 139. The lowest BCUT2D eigenvalue weighted by Crippen LogP contribution is -1.80. The van der Waals surface area contributed by atoms with Gasteiger partial charge < -0.3 is 0 Å². The van der Waals surface area contributed by atoms with Crippen LogP contribution in [0.2, 0.25) is 0 Å². The van der Waals surface area contributed by atoms with Gasteiger partial charge in [-0.2, -0.15) is 0 Å². The average molecular weight is 129 g/mol. The summed E-state index contributed by atoms with van der Waals surface area (Å²) in [6, 6.07) is 0. The first-order chi connectivity index (χ1) is 4.27. The molecule has 0 amide bonds. The number of hydrogen-bond acceptors (Lipinski definition) is 2. The Morgan fingerprint density at radius 3 is 3.00 bits per heavy atom. The van der Waals surface area contributed by atoms with Crippen molar-refractivity contribution in [2.24, 2.45) is 4.99 Å². The highest BCUT2D eigenvalue weighted by atomic mass is 16.1. The summed E-state index contributed by atoms with van der Waals surface area (Å²) in [5.41, 5.74) is 1.14. The van der Waals surface area contributed by atoms with Crippen molar-refractivity contribution in [1.82, 2.24) is 0 Å². The van der Waals surface area contributed by atoms with Crippen molar-refractivity contribution < 1.29 is 7.65 Å². The van der Waals surface area contributed by atoms with Gasteiger partial charge in [-0.1, -0.05) is 5.57 Å². The molecule has 0 fully saturated rings. The van der Waals surface area contributed by atoms with Gasteiger partial charge in [-0.05, 0) is 19.8 Å². The van der Waals surface area contributed by atoms with Crippen molar-refractivity contribution in [3.8, 4) is 0 Å². The van der Waals surface area contributed by atoms with E-state index in [0.29, 0.717) is 6.54 Å². The molecule has 0 rings (SSSR count). The van der Waals surface area contributed by atoms with Crippen LogP contribution in [0.1, 0.15) is 22.6 Å². The van der Waals surface area contributed by atoms with E-state index in [2.05, 4.69) is 11.6 Å². The highest BCUT2D eigenvalue weighted by Gasteiger charge is 1.84. The van der Waals surface area contributed by atoms with Gasteiger partial charge in [-0.3, -0.25) is 0 Å². The summed E-state index contributed by atoms with van der Waals surface area (Å²) in [6.07, 6.45) is 3.34. The Balaban J connectivity index is -0.000000320. The molecule has 9 heavy (non-hydrogen) atoms. The van der Waals surface area contributed by atoms with E-state index in [0.717, 1.165) is 18.4 Å². The molecule has 54 valence electrons. The van der Waals surface area contributed by atoms with Crippen LogP contribution in [0, 0.1) is 0 Å². The molecule has 0 saturated carbocycles. The lowest BCUT2D eigenvalue weighted by atomic mass is 10.2. The van der Waals surface area contributed by atoms with Crippen molar-refractivity contribution in [2.75, 3.05) is 6.54 Å². The first kappa shape index (κ1) is 8.12. The standard InChI is InChI=1S/C7H11NO.2H2/c1-7(2)4-3-5-8-6-9;;/h1,3-5H2,2H3;2*1H. The summed E-state index contributed by atoms with van der Waals surface area (Å²) < 4.78 is 0. The van der Waals surface area contributed by atoms with E-state index in [-0.39, 0.29) is 2.85 Å². The maximum absolute atomic E-state index is 9.54. The van der Waals surface area contributed by atoms with Crippen LogP contribution >= 0.6 is 0 Å². The number of nitrogens with zero attached hydrogens (tertiary/aromatic N) is 1. The van der Waals surface area contributed by atoms with E-state index in [4.69, 9.17) is 0 Å². The summed E-state index contributed by atoms with van der Waals surface area (Å²) in [5, 5.41) is 0. The number of hydrogen-bond donors (Lipinski definition) is 0. The van der Waals surface area contributed by atoms with Gasteiger partial charge in [-0.15, -0.1) is 6.58 Å². The maximum Gasteiger partial charge on any atom is 0.234 e. The van der Waals surface area contributed by atoms with Gasteiger partial charge in [0.2, 0.25) is 6.08 Å². The Morgan fingerprint density at radius 2 is 2.56 bits per heavy atom. The fourth-order valence-electron chi connectivity index (χ4n) is 0.506. The third kappa shape index (κ3) is 7.12. The van der Waals surface area contributed by atoms with E-state index in [1.165, 1.54) is 6.08 Å². The van der Waals surface area contributed by atoms with Crippen molar-refractivity contribution in [3.05, 3.63) is 12.2 Å². The molecule has 0 radical (unpaired) electrons. The minimum Gasteiger partial charge on any atom is -0.211 e. The van der Waals surface area contributed by atoms with Crippen molar-refractivity contribution in [2.45, 2.75) is 19.8 Å². The molecule has 0 aromatic heterocycles. The number of aliphatic imine (C=N–C) groups is 1. The summed E-state index contributed by atoms with van der Waals surface area (Å²) >= 11 is 0. The lowest BCUT2D eigenvalue weighted by molar-refractivity contribution is 0.562. The van der Waals surface area contributed by atoms with Gasteiger partial charge in [0.15, 0.2) is 0 Å². The predicted octanol–water partition coefficient (Wildman–Crippen LogP) is 2.17. The molecule has 0 aliphatic rings. The molecule has 0 aliphatic carbocycles. The van der Waals surface area contributed by atoms with E-state index in [1.54, 1.807) is 0 Å². The third-order valence-electron chi connectivity index (χ3n) is 0.938. The first-order valence-corrected chi connectivity index (χ1v) is 2.95. The monoisotopic (exact) mass is 129 g/mol. The second-order valence-electron chi connectivity index (χ2n) is 2.03. The zero-order chi connectivity index (χ0) is 7.11. The predicted molar refractivity (Wildman–Crippen MR) is 41.3 cm³/mol. The molecule has 0 spiro atoms. The molecule has 0 unspecified atom stereocenters. The van der Waals surface area contributed by atoms with Gasteiger partial charge in [0.05, 0.1) is 6.54 Å². The Labute approximate surface area is 58.3 Å². The van der Waals surface area contributed by atoms with E-state index in [9.17, 15) is 4.79 Å². The Hall–Kier alpha value is -0.880. The molecule has 0 bridgehead atoms. The van der Waals surface area contributed by atoms with Crippen molar-refractivity contribution in [1.29, 1.82) is 0 Å². The van der Waals surface area contributed by atoms with Gasteiger partial charge in [-0.25, -0.2) is 9.79 Å². The normalized spacial score (nSPS) is 8.11. The molecule has 2 nitrogen and oxygen atoms in total. The van der Waals surface area contributed by atoms with Crippen LogP contribution in [0.4, 0.5) is 0 Å². The molecule has 0 aromatic carbocycles. The van der Waals surface area contributed by atoms with Crippen LogP contribution in [0.15, 0.2) is 17.1 Å². The molecule has 0 aromatic rings. The molecular weight excluding hydrogens is 114 g/mol. The summed E-state index contributed by atoms with van der Waals surface area (Å²) in [5.74, 6) is 0. The highest BCUT2D eigenvalue weighted by molar-refractivity contribution is 5.32. The van der Waals surface area contributed by atoms with Gasteiger partial charge >= 0.3 is 0 Å². The fourth-order valence-corrected chi connectivity index (χ4v) is 0.506. The minimum absolute atomic E-state index is 0. The van der Waals surface area contributed by atoms with Crippen LogP contribution in [0.5, 0.6) is 0 Å². The second kappa shape index (κ2) is 5.26. The molecular formula is C7H15NO. The van der Waals surface area contributed by atoms with Gasteiger partial charge in [0.25, 0.3) is 0 Å². The number of rotatable bonds is 4. The number of carbonyl (C=O) groups excluding carboxylic acids is 1. The van der Waals surface area contributed by atoms with Crippen LogP contribution in [-0.2, 0) is 4.79 Å². The summed E-state index contributed by atoms with van der Waals surface area (Å²) in [4.78, 5) is 12.9. The number of isocyanates is 1. The van der Waals surface area contributed by atoms with Crippen LogP contribution in [-0.4, -0.2) is 12.6 Å². The number of allylic oxidation sites excluding steroid dienone is 1. The topological polar surface area (TPSA) is 29.4 Å². The largest absolute Gasteiger partial charge is 0.234 e. The van der Waals surface area contributed by atoms with Crippen LogP contribution in [0.25, 0.3) is 0 Å². The third-order valence-corrected chi connectivity index (χ3v) is 0.938. The molecule has 0 N–H and O–H groups in total. The van der Waals surface area contributed by atoms with Crippen LogP contribution < -0.4 is 0 Å². The van der Waals surface area contributed by atoms with Gasteiger partial charge in [0.1, 0.15) is 0 Å². The zero-order valence-corrected chi connectivity index (χ0v) is 5.68. The Kier molecular flexibility index (Phi) is 4.75. The van der Waals surface area contributed by atoms with E-state index < -0.39 is 0 Å². The molecule has 0 atom stereocenters. The first-order valence-electron chi connectivity index (χ1n) is 2.95. The fraction of sp³-hybridized carbons (Fsp3) is 0.571. The SMILES string of the molecule is C=C(C)CCCN=C=O.[HH].[HH]. The second-order valence-corrected chi connectivity index (χ2v) is 2.03. The summed E-state index contributed by atoms with van der Waals surface area (Å²) in [7, 11) is 0. The molecule has 0 aliphatic heterocycles. The molecule has 2 heteroatoms. The Morgan fingerprint density at radius 1 is 1.89 bits per heavy atom. The molecule has 0 heterocycles.